The number of ether oxygens (including phenoxy) is 1. The Bertz CT molecular complexity index is 420. The van der Waals surface area contributed by atoms with E-state index in [4.69, 9.17) is 10.5 Å². The Morgan fingerprint density at radius 1 is 1.29 bits per heavy atom. The van der Waals surface area contributed by atoms with Crippen LogP contribution < -0.4 is 11.1 Å². The van der Waals surface area contributed by atoms with Gasteiger partial charge in [0.15, 0.2) is 0 Å². The lowest BCUT2D eigenvalue weighted by atomic mass is 9.82. The average molecular weight is 313 g/mol. The highest BCUT2D eigenvalue weighted by molar-refractivity contribution is 5.85. The number of amides is 1. The van der Waals surface area contributed by atoms with Crippen molar-refractivity contribution in [1.82, 2.24) is 5.32 Å². The molecule has 1 fully saturated rings. The molecule has 1 aliphatic carbocycles. The number of nitrogens with two attached hydrogens (primary N) is 1. The van der Waals surface area contributed by atoms with Crippen molar-refractivity contribution in [1.29, 1.82) is 0 Å². The Labute approximate surface area is 132 Å². The van der Waals surface area contributed by atoms with Crippen LogP contribution in [0.25, 0.3) is 0 Å². The second-order valence-electron chi connectivity index (χ2n) is 5.53. The molecule has 0 heterocycles. The first-order valence-corrected chi connectivity index (χ1v) is 7.30. The van der Waals surface area contributed by atoms with E-state index in [0.717, 1.165) is 25.7 Å². The SMILES string of the molecule is COCC(N)C(=O)NC1CCC(c2ccccc2)CC1.Cl. The molecule has 1 atom stereocenters. The van der Waals surface area contributed by atoms with Crippen LogP contribution in [-0.4, -0.2) is 31.7 Å². The minimum absolute atomic E-state index is 0. The van der Waals surface area contributed by atoms with E-state index < -0.39 is 6.04 Å². The number of hydrogen-bond donors (Lipinski definition) is 2. The smallest absolute Gasteiger partial charge is 0.239 e. The monoisotopic (exact) mass is 312 g/mol. The first-order valence-electron chi connectivity index (χ1n) is 7.30. The Balaban J connectivity index is 0.00000220. The predicted molar refractivity (Wildman–Crippen MR) is 86.7 cm³/mol. The molecule has 0 radical (unpaired) electrons. The molecule has 118 valence electrons. The van der Waals surface area contributed by atoms with Gasteiger partial charge in [-0.1, -0.05) is 30.3 Å². The summed E-state index contributed by atoms with van der Waals surface area (Å²) >= 11 is 0. The molecule has 0 spiro atoms. The third-order valence-electron chi connectivity index (χ3n) is 4.03. The first kappa shape index (κ1) is 18.0. The lowest BCUT2D eigenvalue weighted by molar-refractivity contribution is -0.124. The summed E-state index contributed by atoms with van der Waals surface area (Å²) in [5.74, 6) is 0.520. The van der Waals surface area contributed by atoms with Gasteiger partial charge in [0.1, 0.15) is 6.04 Å². The van der Waals surface area contributed by atoms with E-state index in [1.165, 1.54) is 5.56 Å². The molecule has 4 nitrogen and oxygen atoms in total. The molecule has 1 aliphatic rings. The molecule has 1 saturated carbocycles. The molecule has 0 aliphatic heterocycles. The second-order valence-corrected chi connectivity index (χ2v) is 5.53. The minimum Gasteiger partial charge on any atom is -0.383 e. The molecule has 0 bridgehead atoms. The molecule has 1 aromatic rings. The molecule has 0 aromatic heterocycles. The fraction of sp³-hybridized carbons (Fsp3) is 0.562. The van der Waals surface area contributed by atoms with Gasteiger partial charge in [-0.15, -0.1) is 12.4 Å². The van der Waals surface area contributed by atoms with E-state index >= 15 is 0 Å². The summed E-state index contributed by atoms with van der Waals surface area (Å²) in [5.41, 5.74) is 7.14. The minimum atomic E-state index is -0.563. The lowest BCUT2D eigenvalue weighted by Gasteiger charge is -2.30. The van der Waals surface area contributed by atoms with Crippen LogP contribution in [0, 0.1) is 0 Å². The number of hydrogen-bond acceptors (Lipinski definition) is 3. The van der Waals surface area contributed by atoms with Crippen LogP contribution in [0.5, 0.6) is 0 Å². The topological polar surface area (TPSA) is 64.3 Å². The van der Waals surface area contributed by atoms with Crippen LogP contribution in [0.3, 0.4) is 0 Å². The number of carbonyl (C=O) groups is 1. The Morgan fingerprint density at radius 3 is 2.48 bits per heavy atom. The number of benzene rings is 1. The van der Waals surface area contributed by atoms with Crippen LogP contribution >= 0.6 is 12.4 Å². The maximum absolute atomic E-state index is 11.8. The number of halogens is 1. The third-order valence-corrected chi connectivity index (χ3v) is 4.03. The van der Waals surface area contributed by atoms with Gasteiger partial charge in [-0.2, -0.15) is 0 Å². The van der Waals surface area contributed by atoms with E-state index in [1.807, 2.05) is 6.07 Å². The van der Waals surface area contributed by atoms with E-state index in [-0.39, 0.29) is 31.0 Å². The van der Waals surface area contributed by atoms with E-state index in [9.17, 15) is 4.79 Å². The number of methoxy groups -OCH3 is 1. The zero-order chi connectivity index (χ0) is 14.4. The number of rotatable bonds is 5. The van der Waals surface area contributed by atoms with Crippen LogP contribution in [0.15, 0.2) is 30.3 Å². The lowest BCUT2D eigenvalue weighted by Crippen LogP contribution is -2.48. The normalized spacial score (nSPS) is 23.0. The molecule has 5 heteroatoms. The highest BCUT2D eigenvalue weighted by Crippen LogP contribution is 2.32. The van der Waals surface area contributed by atoms with Crippen molar-refractivity contribution in [3.05, 3.63) is 35.9 Å². The summed E-state index contributed by atoms with van der Waals surface area (Å²) in [6, 6.07) is 10.3. The van der Waals surface area contributed by atoms with Crippen LogP contribution in [0.2, 0.25) is 0 Å². The molecule has 1 amide bonds. The quantitative estimate of drug-likeness (QED) is 0.876. The summed E-state index contributed by atoms with van der Waals surface area (Å²) in [6.07, 6.45) is 4.28. The molecule has 1 aromatic carbocycles. The average Bonchev–Trinajstić information content (AvgIpc) is 2.49. The van der Waals surface area contributed by atoms with Gasteiger partial charge >= 0.3 is 0 Å². The second kappa shape index (κ2) is 9.03. The van der Waals surface area contributed by atoms with Gasteiger partial charge in [0, 0.05) is 13.2 Å². The van der Waals surface area contributed by atoms with Gasteiger partial charge in [-0.3, -0.25) is 4.79 Å². The van der Waals surface area contributed by atoms with Crippen molar-refractivity contribution in [3.8, 4) is 0 Å². The summed E-state index contributed by atoms with van der Waals surface area (Å²) in [5, 5.41) is 3.03. The summed E-state index contributed by atoms with van der Waals surface area (Å²) in [7, 11) is 1.55. The van der Waals surface area contributed by atoms with E-state index in [0.29, 0.717) is 5.92 Å². The predicted octanol–water partition coefficient (Wildman–Crippen LogP) is 2.22. The molecular weight excluding hydrogens is 288 g/mol. The van der Waals surface area contributed by atoms with Crippen molar-refractivity contribution >= 4 is 18.3 Å². The number of carbonyl (C=O) groups excluding carboxylic acids is 1. The molecule has 1 unspecified atom stereocenters. The van der Waals surface area contributed by atoms with Gasteiger partial charge in [0.25, 0.3) is 0 Å². The first-order chi connectivity index (χ1) is 9.70. The van der Waals surface area contributed by atoms with E-state index in [1.54, 1.807) is 7.11 Å². The Morgan fingerprint density at radius 2 is 1.90 bits per heavy atom. The molecule has 3 N–H and O–H groups in total. The molecule has 21 heavy (non-hydrogen) atoms. The van der Waals surface area contributed by atoms with Crippen LogP contribution in [0.4, 0.5) is 0 Å². The van der Waals surface area contributed by atoms with Gasteiger partial charge in [0.05, 0.1) is 6.61 Å². The van der Waals surface area contributed by atoms with Gasteiger partial charge in [-0.05, 0) is 37.2 Å². The highest BCUT2D eigenvalue weighted by Gasteiger charge is 2.24. The molecular formula is C16H25ClN2O2. The van der Waals surface area contributed by atoms with Gasteiger partial charge < -0.3 is 15.8 Å². The Kier molecular flexibility index (Phi) is 7.72. The third kappa shape index (κ3) is 5.30. The standard InChI is InChI=1S/C16H24N2O2.ClH/c1-20-11-15(17)16(19)18-14-9-7-13(8-10-14)12-5-3-2-4-6-12;/h2-6,13-15H,7-11,17H2,1H3,(H,18,19);1H. The van der Waals surface area contributed by atoms with Crippen LogP contribution in [0.1, 0.15) is 37.2 Å². The maximum Gasteiger partial charge on any atom is 0.239 e. The van der Waals surface area contributed by atoms with Crippen molar-refractivity contribution in [2.45, 2.75) is 43.7 Å². The fourth-order valence-electron chi connectivity index (χ4n) is 2.86. The number of nitrogens with one attached hydrogen (secondary N) is 1. The zero-order valence-corrected chi connectivity index (χ0v) is 13.3. The molecule has 2 rings (SSSR count). The molecule has 0 saturated heterocycles. The van der Waals surface area contributed by atoms with Crippen molar-refractivity contribution < 1.29 is 9.53 Å². The van der Waals surface area contributed by atoms with Crippen molar-refractivity contribution in [2.75, 3.05) is 13.7 Å². The van der Waals surface area contributed by atoms with Gasteiger partial charge in [-0.25, -0.2) is 0 Å². The van der Waals surface area contributed by atoms with Gasteiger partial charge in [0.2, 0.25) is 5.91 Å². The Hall–Kier alpha value is -1.10. The maximum atomic E-state index is 11.8. The van der Waals surface area contributed by atoms with E-state index in [2.05, 4.69) is 29.6 Å². The highest BCUT2D eigenvalue weighted by atomic mass is 35.5. The largest absolute Gasteiger partial charge is 0.383 e. The summed E-state index contributed by atoms with van der Waals surface area (Å²) < 4.78 is 4.90. The van der Waals surface area contributed by atoms with Crippen LogP contribution in [-0.2, 0) is 9.53 Å². The summed E-state index contributed by atoms with van der Waals surface area (Å²) in [4.78, 5) is 11.8. The fourth-order valence-corrected chi connectivity index (χ4v) is 2.86. The zero-order valence-electron chi connectivity index (χ0n) is 12.5. The van der Waals surface area contributed by atoms with Crippen molar-refractivity contribution in [2.24, 2.45) is 5.73 Å². The summed E-state index contributed by atoms with van der Waals surface area (Å²) in [6.45, 7) is 0.269. The van der Waals surface area contributed by atoms with Crippen molar-refractivity contribution in [3.63, 3.8) is 0 Å².